The summed E-state index contributed by atoms with van der Waals surface area (Å²) in [4.78, 5) is 10.1. The van der Waals surface area contributed by atoms with Crippen molar-refractivity contribution in [1.82, 2.24) is 0 Å². The Balaban J connectivity index is 2.41. The Morgan fingerprint density at radius 2 is 2.36 bits per heavy atom. The highest BCUT2D eigenvalue weighted by molar-refractivity contribution is 6.61. The molecule has 0 amide bonds. The fraction of sp³-hybridized carbons (Fsp3) is 0. The standard InChI is InChI=1S/C9H7BO4/c11-6-13-8-2-1-7-3-4-14-10(12)9(7)5-8/h1-6,12H. The third kappa shape index (κ3) is 1.49. The molecule has 0 spiro atoms. The molecule has 1 heterocycles. The van der Waals surface area contributed by atoms with Crippen molar-refractivity contribution in [2.75, 3.05) is 0 Å². The van der Waals surface area contributed by atoms with E-state index in [1.807, 2.05) is 0 Å². The van der Waals surface area contributed by atoms with E-state index in [9.17, 15) is 9.82 Å². The van der Waals surface area contributed by atoms with Gasteiger partial charge in [0.15, 0.2) is 0 Å². The van der Waals surface area contributed by atoms with Crippen molar-refractivity contribution in [1.29, 1.82) is 0 Å². The van der Waals surface area contributed by atoms with E-state index in [0.29, 0.717) is 17.7 Å². The summed E-state index contributed by atoms with van der Waals surface area (Å²) in [5, 5.41) is 9.44. The van der Waals surface area contributed by atoms with Crippen LogP contribution in [0.1, 0.15) is 5.56 Å². The SMILES string of the molecule is O=COc1ccc2c(c1)B(O)OC=C2. The van der Waals surface area contributed by atoms with Crippen molar-refractivity contribution in [3.63, 3.8) is 0 Å². The fourth-order valence-electron chi connectivity index (χ4n) is 1.31. The topological polar surface area (TPSA) is 55.8 Å². The number of benzene rings is 1. The second kappa shape index (κ2) is 3.55. The van der Waals surface area contributed by atoms with Crippen LogP contribution in [0.4, 0.5) is 0 Å². The average Bonchev–Trinajstić information content (AvgIpc) is 2.20. The van der Waals surface area contributed by atoms with E-state index < -0.39 is 7.12 Å². The number of fused-ring (bicyclic) bond motifs is 1. The van der Waals surface area contributed by atoms with Crippen LogP contribution in [0.2, 0.25) is 0 Å². The van der Waals surface area contributed by atoms with Gasteiger partial charge in [-0.2, -0.15) is 0 Å². The first-order valence-electron chi connectivity index (χ1n) is 4.05. The Morgan fingerprint density at radius 1 is 1.50 bits per heavy atom. The summed E-state index contributed by atoms with van der Waals surface area (Å²) >= 11 is 0. The molecule has 1 N–H and O–H groups in total. The van der Waals surface area contributed by atoms with Crippen LogP contribution in [-0.2, 0) is 9.45 Å². The number of carbonyl (C=O) groups excluding carboxylic acids is 1. The van der Waals surface area contributed by atoms with Crippen molar-refractivity contribution < 1.29 is 19.2 Å². The molecule has 0 atom stereocenters. The molecule has 1 aromatic carbocycles. The molecule has 0 bridgehead atoms. The second-order valence-electron chi connectivity index (χ2n) is 2.80. The first-order chi connectivity index (χ1) is 6.81. The number of hydrogen-bond donors (Lipinski definition) is 1. The van der Waals surface area contributed by atoms with Gasteiger partial charge in [0.25, 0.3) is 6.47 Å². The fourth-order valence-corrected chi connectivity index (χ4v) is 1.31. The summed E-state index contributed by atoms with van der Waals surface area (Å²) in [6, 6.07) is 4.96. The minimum absolute atomic E-state index is 0.341. The van der Waals surface area contributed by atoms with E-state index in [-0.39, 0.29) is 0 Å². The smallest absolute Gasteiger partial charge is 0.538 e. The molecular weight excluding hydrogens is 183 g/mol. The first kappa shape index (κ1) is 8.84. The van der Waals surface area contributed by atoms with Gasteiger partial charge >= 0.3 is 7.12 Å². The molecule has 0 fully saturated rings. The largest absolute Gasteiger partial charge is 0.560 e. The number of carbonyl (C=O) groups is 1. The molecular formula is C9H7BO4. The Bertz CT molecular complexity index is 388. The Hall–Kier alpha value is -1.75. The van der Waals surface area contributed by atoms with Crippen molar-refractivity contribution in [2.45, 2.75) is 0 Å². The van der Waals surface area contributed by atoms with Crippen LogP contribution in [0.5, 0.6) is 5.75 Å². The van der Waals surface area contributed by atoms with E-state index in [0.717, 1.165) is 5.56 Å². The molecule has 5 heteroatoms. The monoisotopic (exact) mass is 190 g/mol. The van der Waals surface area contributed by atoms with Crippen LogP contribution in [-0.4, -0.2) is 18.6 Å². The third-order valence-electron chi connectivity index (χ3n) is 1.96. The van der Waals surface area contributed by atoms with Crippen molar-refractivity contribution in [3.05, 3.63) is 30.0 Å². The van der Waals surface area contributed by atoms with E-state index in [2.05, 4.69) is 4.74 Å². The molecule has 0 aromatic heterocycles. The summed E-state index contributed by atoms with van der Waals surface area (Å²) < 4.78 is 9.52. The molecule has 0 aliphatic carbocycles. The summed E-state index contributed by atoms with van der Waals surface area (Å²) in [7, 11) is -0.995. The van der Waals surface area contributed by atoms with E-state index in [4.69, 9.17) is 4.65 Å². The summed E-state index contributed by atoms with van der Waals surface area (Å²) in [5.74, 6) is 0.386. The van der Waals surface area contributed by atoms with Crippen LogP contribution < -0.4 is 10.2 Å². The highest BCUT2D eigenvalue weighted by atomic mass is 16.5. The van der Waals surface area contributed by atoms with Crippen molar-refractivity contribution in [3.8, 4) is 5.75 Å². The molecule has 0 radical (unpaired) electrons. The summed E-state index contributed by atoms with van der Waals surface area (Å²) in [6.07, 6.45) is 3.15. The molecule has 0 unspecified atom stereocenters. The van der Waals surface area contributed by atoms with Gasteiger partial charge < -0.3 is 14.4 Å². The molecule has 70 valence electrons. The molecule has 1 aliphatic rings. The number of ether oxygens (including phenoxy) is 1. The van der Waals surface area contributed by atoms with Gasteiger partial charge in [-0.3, -0.25) is 4.79 Å². The zero-order chi connectivity index (χ0) is 9.97. The van der Waals surface area contributed by atoms with Gasteiger partial charge in [-0.05, 0) is 23.8 Å². The third-order valence-corrected chi connectivity index (χ3v) is 1.96. The van der Waals surface area contributed by atoms with Crippen molar-refractivity contribution >= 4 is 25.1 Å². The predicted octanol–water partition coefficient (Wildman–Crippen LogP) is -0.0898. The van der Waals surface area contributed by atoms with Gasteiger partial charge in [0, 0.05) is 5.46 Å². The van der Waals surface area contributed by atoms with E-state index in [1.165, 1.54) is 6.26 Å². The van der Waals surface area contributed by atoms with Crippen LogP contribution >= 0.6 is 0 Å². The minimum atomic E-state index is -0.995. The lowest BCUT2D eigenvalue weighted by atomic mass is 9.75. The van der Waals surface area contributed by atoms with Crippen LogP contribution in [0, 0.1) is 0 Å². The molecule has 1 aromatic rings. The molecule has 2 rings (SSSR count). The van der Waals surface area contributed by atoms with Crippen LogP contribution in [0.15, 0.2) is 24.5 Å². The molecule has 0 saturated carbocycles. The molecule has 0 saturated heterocycles. The van der Waals surface area contributed by atoms with Gasteiger partial charge in [0.1, 0.15) is 5.75 Å². The number of hydrogen-bond acceptors (Lipinski definition) is 4. The van der Waals surface area contributed by atoms with E-state index in [1.54, 1.807) is 24.3 Å². The highest BCUT2D eigenvalue weighted by Crippen LogP contribution is 2.14. The maximum Gasteiger partial charge on any atom is 0.560 e. The average molecular weight is 190 g/mol. The van der Waals surface area contributed by atoms with Gasteiger partial charge in [0.2, 0.25) is 0 Å². The van der Waals surface area contributed by atoms with Gasteiger partial charge in [-0.1, -0.05) is 6.07 Å². The highest BCUT2D eigenvalue weighted by Gasteiger charge is 2.23. The lowest BCUT2D eigenvalue weighted by molar-refractivity contribution is -0.120. The van der Waals surface area contributed by atoms with Crippen molar-refractivity contribution in [2.24, 2.45) is 0 Å². The molecule has 14 heavy (non-hydrogen) atoms. The van der Waals surface area contributed by atoms with Crippen LogP contribution in [0.25, 0.3) is 6.08 Å². The second-order valence-corrected chi connectivity index (χ2v) is 2.80. The zero-order valence-electron chi connectivity index (χ0n) is 7.21. The Kier molecular flexibility index (Phi) is 2.24. The summed E-state index contributed by atoms with van der Waals surface area (Å²) in [5.41, 5.74) is 1.44. The summed E-state index contributed by atoms with van der Waals surface area (Å²) in [6.45, 7) is 0.341. The van der Waals surface area contributed by atoms with E-state index >= 15 is 0 Å². The van der Waals surface area contributed by atoms with Gasteiger partial charge in [0.05, 0.1) is 6.26 Å². The maximum atomic E-state index is 10.1. The maximum absolute atomic E-state index is 10.1. The minimum Gasteiger partial charge on any atom is -0.538 e. The lowest BCUT2D eigenvalue weighted by Gasteiger charge is -2.14. The Morgan fingerprint density at radius 3 is 3.14 bits per heavy atom. The predicted molar refractivity (Wildman–Crippen MR) is 50.9 cm³/mol. The Labute approximate surface area is 80.9 Å². The van der Waals surface area contributed by atoms with Gasteiger partial charge in [-0.15, -0.1) is 0 Å². The normalized spacial score (nSPS) is 13.1. The zero-order valence-corrected chi connectivity index (χ0v) is 7.21. The van der Waals surface area contributed by atoms with Gasteiger partial charge in [-0.25, -0.2) is 0 Å². The quantitative estimate of drug-likeness (QED) is 0.523. The lowest BCUT2D eigenvalue weighted by Crippen LogP contribution is -2.36. The molecule has 4 nitrogen and oxygen atoms in total. The number of rotatable bonds is 2. The molecule has 1 aliphatic heterocycles. The first-order valence-corrected chi connectivity index (χ1v) is 4.05. The van der Waals surface area contributed by atoms with Crippen LogP contribution in [0.3, 0.4) is 0 Å².